The predicted octanol–water partition coefficient (Wildman–Crippen LogP) is 7.48. The van der Waals surface area contributed by atoms with E-state index >= 15 is 0 Å². The van der Waals surface area contributed by atoms with Gasteiger partial charge in [0.05, 0.1) is 13.2 Å². The van der Waals surface area contributed by atoms with E-state index in [1.165, 1.54) is 11.1 Å². The molecule has 34 heavy (non-hydrogen) atoms. The van der Waals surface area contributed by atoms with Gasteiger partial charge in [0.1, 0.15) is 12.2 Å². The molecule has 1 saturated carbocycles. The molecule has 5 nitrogen and oxygen atoms in total. The van der Waals surface area contributed by atoms with Crippen LogP contribution in [0.15, 0.2) is 72.8 Å². The lowest BCUT2D eigenvalue weighted by atomic mass is 9.85. The van der Waals surface area contributed by atoms with E-state index in [1.807, 2.05) is 6.92 Å². The highest BCUT2D eigenvalue weighted by atomic mass is 31.2. The summed E-state index contributed by atoms with van der Waals surface area (Å²) in [4.78, 5) is 0. The maximum Gasteiger partial charge on any atom is 0.475 e. The Kier molecular flexibility index (Phi) is 10.1. The molecule has 0 spiro atoms. The Morgan fingerprint density at radius 3 is 2.09 bits per heavy atom. The number of phosphoric acid groups is 1. The lowest BCUT2D eigenvalue weighted by Crippen LogP contribution is -2.21. The summed E-state index contributed by atoms with van der Waals surface area (Å²) < 4.78 is 34.6. The lowest BCUT2D eigenvalue weighted by Gasteiger charge is -2.26. The minimum atomic E-state index is -3.61. The molecule has 3 rings (SSSR count). The lowest BCUT2D eigenvalue weighted by molar-refractivity contribution is 0.0385. The van der Waals surface area contributed by atoms with Crippen LogP contribution in [-0.4, -0.2) is 26.4 Å². The monoisotopic (exact) mass is 485 g/mol. The van der Waals surface area contributed by atoms with Gasteiger partial charge in [-0.25, -0.2) is 4.57 Å². The summed E-state index contributed by atoms with van der Waals surface area (Å²) in [5.41, 5.74) is 2.81. The Hall–Kier alpha value is -1.75. The van der Waals surface area contributed by atoms with E-state index in [0.29, 0.717) is 18.4 Å². The largest absolute Gasteiger partial charge is 0.475 e. The maximum absolute atomic E-state index is 12.8. The van der Waals surface area contributed by atoms with E-state index in [1.54, 1.807) is 21.0 Å². The molecule has 2 aromatic rings. The molecular formula is C28H38O5P. The van der Waals surface area contributed by atoms with Crippen molar-refractivity contribution in [2.24, 2.45) is 5.92 Å². The number of benzene rings is 2. The van der Waals surface area contributed by atoms with Gasteiger partial charge in [-0.3, -0.25) is 13.6 Å². The van der Waals surface area contributed by atoms with Crippen LogP contribution in [0.3, 0.4) is 0 Å². The molecule has 0 aliphatic heterocycles. The first-order valence-corrected chi connectivity index (χ1v) is 13.7. The average Bonchev–Trinajstić information content (AvgIpc) is 3.59. The minimum absolute atomic E-state index is 0.0622. The molecule has 0 heterocycles. The first kappa shape index (κ1) is 26.8. The number of allylic oxidation sites excluding steroid dienone is 2. The number of hydrogen-bond donors (Lipinski definition) is 0. The smallest absolute Gasteiger partial charge is 0.373 e. The second-order valence-corrected chi connectivity index (χ2v) is 10.2. The topological polar surface area (TPSA) is 54.0 Å². The van der Waals surface area contributed by atoms with Gasteiger partial charge in [-0.15, -0.1) is 0 Å². The van der Waals surface area contributed by atoms with E-state index in [0.717, 1.165) is 19.3 Å². The second kappa shape index (κ2) is 12.8. The fourth-order valence-electron chi connectivity index (χ4n) is 4.54. The zero-order valence-corrected chi connectivity index (χ0v) is 21.7. The number of unbranched alkanes of at least 4 members (excludes halogenated alkanes) is 1. The van der Waals surface area contributed by atoms with Gasteiger partial charge in [0.2, 0.25) is 0 Å². The highest BCUT2D eigenvalue weighted by Crippen LogP contribution is 2.59. The SMILES string of the molecule is CCOP(=O)(OCC)OC(CCC/C=C/C1CC1(c1ccccc1)c1ccccc1)[C](C)OC. The van der Waals surface area contributed by atoms with Crippen molar-refractivity contribution in [2.75, 3.05) is 20.3 Å². The van der Waals surface area contributed by atoms with Crippen LogP contribution < -0.4 is 0 Å². The summed E-state index contributed by atoms with van der Waals surface area (Å²) in [6, 6.07) is 21.6. The second-order valence-electron chi connectivity index (χ2n) is 8.56. The summed E-state index contributed by atoms with van der Waals surface area (Å²) >= 11 is 0. The Balaban J connectivity index is 1.60. The number of phosphoric ester groups is 1. The standard InChI is InChI=1S/C28H38O5P/c1-5-31-34(29,32-6-2)33-27(23(3)30-4)21-15-9-14-20-26-22-28(26,24-16-10-7-11-17-24)25-18-12-8-13-19-25/h7-8,10-14,16-20,26-27H,5-6,9,15,21-22H2,1-4H3/b20-14+. The van der Waals surface area contributed by atoms with Crippen LogP contribution in [-0.2, 0) is 28.3 Å². The van der Waals surface area contributed by atoms with Gasteiger partial charge in [-0.1, -0.05) is 72.8 Å². The van der Waals surface area contributed by atoms with Crippen molar-refractivity contribution in [1.29, 1.82) is 0 Å². The number of methoxy groups -OCH3 is 1. The van der Waals surface area contributed by atoms with Crippen molar-refractivity contribution in [3.8, 4) is 0 Å². The predicted molar refractivity (Wildman–Crippen MR) is 136 cm³/mol. The molecule has 1 aliphatic carbocycles. The van der Waals surface area contributed by atoms with Crippen molar-refractivity contribution in [1.82, 2.24) is 0 Å². The zero-order chi connectivity index (χ0) is 24.4. The van der Waals surface area contributed by atoms with Gasteiger partial charge >= 0.3 is 7.82 Å². The quantitative estimate of drug-likeness (QED) is 0.149. The van der Waals surface area contributed by atoms with Crippen LogP contribution in [0.2, 0.25) is 0 Å². The first-order chi connectivity index (χ1) is 16.5. The summed E-state index contributed by atoms with van der Waals surface area (Å²) in [7, 11) is -2.01. The molecule has 0 aromatic heterocycles. The van der Waals surface area contributed by atoms with Gasteiger partial charge in [-0.05, 0) is 63.5 Å². The third-order valence-electron chi connectivity index (χ3n) is 6.40. The van der Waals surface area contributed by atoms with Gasteiger partial charge in [-0.2, -0.15) is 0 Å². The summed E-state index contributed by atoms with van der Waals surface area (Å²) in [5, 5.41) is 0. The van der Waals surface area contributed by atoms with Crippen LogP contribution in [0.4, 0.5) is 0 Å². The first-order valence-electron chi connectivity index (χ1n) is 12.2. The van der Waals surface area contributed by atoms with Gasteiger partial charge in [0.25, 0.3) is 0 Å². The van der Waals surface area contributed by atoms with Crippen molar-refractivity contribution in [3.63, 3.8) is 0 Å². The van der Waals surface area contributed by atoms with Crippen LogP contribution in [0.25, 0.3) is 0 Å². The zero-order valence-electron chi connectivity index (χ0n) is 20.8. The van der Waals surface area contributed by atoms with Crippen molar-refractivity contribution in [2.45, 2.75) is 58.0 Å². The Bertz CT molecular complexity index is 881. The minimum Gasteiger partial charge on any atom is -0.373 e. The molecule has 0 saturated heterocycles. The highest BCUT2D eigenvalue weighted by Gasteiger charge is 2.54. The fraction of sp³-hybridized carbons (Fsp3) is 0.464. The van der Waals surface area contributed by atoms with E-state index in [-0.39, 0.29) is 18.6 Å². The van der Waals surface area contributed by atoms with E-state index in [2.05, 4.69) is 72.8 Å². The highest BCUT2D eigenvalue weighted by molar-refractivity contribution is 7.48. The van der Waals surface area contributed by atoms with Gasteiger partial charge in [0.15, 0.2) is 0 Å². The molecule has 1 radical (unpaired) electrons. The molecule has 0 bridgehead atoms. The number of hydrogen-bond acceptors (Lipinski definition) is 5. The average molecular weight is 486 g/mol. The van der Waals surface area contributed by atoms with Crippen LogP contribution in [0, 0.1) is 12.0 Å². The van der Waals surface area contributed by atoms with Gasteiger partial charge in [0, 0.05) is 12.5 Å². The Morgan fingerprint density at radius 2 is 1.59 bits per heavy atom. The summed E-state index contributed by atoms with van der Waals surface area (Å²) in [6.07, 6.45) is 8.40. The number of rotatable bonds is 15. The molecule has 0 amide bonds. The maximum atomic E-state index is 12.8. The van der Waals surface area contributed by atoms with E-state index < -0.39 is 13.9 Å². The number of ether oxygens (including phenoxy) is 1. The molecule has 6 heteroatoms. The molecule has 1 fully saturated rings. The van der Waals surface area contributed by atoms with Crippen molar-refractivity contribution >= 4 is 7.82 Å². The van der Waals surface area contributed by atoms with E-state index in [4.69, 9.17) is 18.3 Å². The van der Waals surface area contributed by atoms with Crippen LogP contribution >= 0.6 is 7.82 Å². The van der Waals surface area contributed by atoms with Crippen molar-refractivity contribution in [3.05, 3.63) is 90.0 Å². The van der Waals surface area contributed by atoms with Crippen LogP contribution in [0.1, 0.15) is 57.6 Å². The molecule has 0 N–H and O–H groups in total. The molecule has 185 valence electrons. The normalized spacial score (nSPS) is 18.4. The molecule has 2 aromatic carbocycles. The third-order valence-corrected chi connectivity index (χ3v) is 8.07. The summed E-state index contributed by atoms with van der Waals surface area (Å²) in [6.45, 7) is 5.88. The molecule has 1 aliphatic rings. The molecular weight excluding hydrogens is 447 g/mol. The summed E-state index contributed by atoms with van der Waals surface area (Å²) in [5.74, 6) is 0.479. The third kappa shape index (κ3) is 6.68. The Labute approximate surface area is 205 Å². The van der Waals surface area contributed by atoms with Crippen LogP contribution in [0.5, 0.6) is 0 Å². The Morgan fingerprint density at radius 1 is 1.03 bits per heavy atom. The molecule has 2 unspecified atom stereocenters. The van der Waals surface area contributed by atoms with Crippen molar-refractivity contribution < 1.29 is 22.9 Å². The molecule has 2 atom stereocenters. The fourth-order valence-corrected chi connectivity index (χ4v) is 5.93. The van der Waals surface area contributed by atoms with Gasteiger partial charge < -0.3 is 4.74 Å². The van der Waals surface area contributed by atoms with E-state index in [9.17, 15) is 4.57 Å².